The van der Waals surface area contributed by atoms with Crippen LogP contribution in [0.25, 0.3) is 11.3 Å². The van der Waals surface area contributed by atoms with Crippen LogP contribution >= 0.6 is 11.6 Å². The third-order valence-electron chi connectivity index (χ3n) is 3.32. The molecule has 1 atom stereocenters. The Balaban J connectivity index is 1.84. The molecule has 0 bridgehead atoms. The topological polar surface area (TPSA) is 58.2 Å². The standard InChI is InChI=1S/C14H14ClN3O2/c1-20-11-4-2-9(3-5-11)12-7-13(17-16-12)18-8-10(15)6-14(18)19/h2-5,7,10H,6,8H2,1H3,(H,16,17). The summed E-state index contributed by atoms with van der Waals surface area (Å²) in [5.74, 6) is 1.43. The molecular formula is C14H14ClN3O2. The average Bonchev–Trinajstić information content (AvgIpc) is 3.05. The first-order valence-electron chi connectivity index (χ1n) is 6.31. The van der Waals surface area contributed by atoms with Gasteiger partial charge in [-0.2, -0.15) is 5.10 Å². The Hall–Kier alpha value is -2.01. The minimum absolute atomic E-state index is 0.0118. The molecule has 1 amide bonds. The molecule has 1 aliphatic heterocycles. The second kappa shape index (κ2) is 5.17. The van der Waals surface area contributed by atoms with E-state index < -0.39 is 0 Å². The van der Waals surface area contributed by atoms with Gasteiger partial charge < -0.3 is 4.74 Å². The van der Waals surface area contributed by atoms with E-state index in [1.165, 1.54) is 0 Å². The van der Waals surface area contributed by atoms with Gasteiger partial charge in [0, 0.05) is 19.0 Å². The lowest BCUT2D eigenvalue weighted by Gasteiger charge is -2.10. The molecule has 1 unspecified atom stereocenters. The Morgan fingerprint density at radius 2 is 2.15 bits per heavy atom. The Morgan fingerprint density at radius 1 is 1.40 bits per heavy atom. The number of H-pyrrole nitrogens is 1. The summed E-state index contributed by atoms with van der Waals surface area (Å²) in [5, 5.41) is 7.00. The minimum Gasteiger partial charge on any atom is -0.497 e. The number of nitrogens with one attached hydrogen (secondary N) is 1. The minimum atomic E-state index is -0.136. The van der Waals surface area contributed by atoms with Gasteiger partial charge in [-0.25, -0.2) is 0 Å². The van der Waals surface area contributed by atoms with Crippen LogP contribution in [-0.4, -0.2) is 35.1 Å². The van der Waals surface area contributed by atoms with Gasteiger partial charge in [-0.15, -0.1) is 11.6 Å². The van der Waals surface area contributed by atoms with E-state index in [-0.39, 0.29) is 11.3 Å². The number of benzene rings is 1. The van der Waals surface area contributed by atoms with Crippen molar-refractivity contribution in [1.29, 1.82) is 0 Å². The summed E-state index contributed by atoms with van der Waals surface area (Å²) in [5.41, 5.74) is 1.84. The lowest BCUT2D eigenvalue weighted by Crippen LogP contribution is -2.24. The molecule has 0 radical (unpaired) electrons. The lowest BCUT2D eigenvalue weighted by molar-refractivity contribution is -0.117. The predicted octanol–water partition coefficient (Wildman–Crippen LogP) is 2.43. The largest absolute Gasteiger partial charge is 0.497 e. The third-order valence-corrected chi connectivity index (χ3v) is 3.61. The number of hydrogen-bond donors (Lipinski definition) is 1. The van der Waals surface area contributed by atoms with Crippen LogP contribution in [0, 0.1) is 0 Å². The maximum absolute atomic E-state index is 11.8. The third kappa shape index (κ3) is 2.36. The number of alkyl halides is 1. The van der Waals surface area contributed by atoms with Gasteiger partial charge in [0.05, 0.1) is 18.2 Å². The lowest BCUT2D eigenvalue weighted by atomic mass is 10.1. The van der Waals surface area contributed by atoms with Crippen molar-refractivity contribution >= 4 is 23.3 Å². The van der Waals surface area contributed by atoms with Gasteiger partial charge in [0.15, 0.2) is 5.82 Å². The summed E-state index contributed by atoms with van der Waals surface area (Å²) in [7, 11) is 1.63. The normalized spacial score (nSPS) is 18.6. The monoisotopic (exact) mass is 291 g/mol. The van der Waals surface area contributed by atoms with Crippen LogP contribution in [0.1, 0.15) is 6.42 Å². The average molecular weight is 292 g/mol. The molecule has 1 aromatic heterocycles. The highest BCUT2D eigenvalue weighted by atomic mass is 35.5. The quantitative estimate of drug-likeness (QED) is 0.884. The van der Waals surface area contributed by atoms with Crippen molar-refractivity contribution in [1.82, 2.24) is 10.2 Å². The van der Waals surface area contributed by atoms with Gasteiger partial charge >= 0.3 is 0 Å². The van der Waals surface area contributed by atoms with E-state index in [1.807, 2.05) is 30.3 Å². The van der Waals surface area contributed by atoms with Gasteiger partial charge in [0.2, 0.25) is 5.91 Å². The molecule has 6 heteroatoms. The van der Waals surface area contributed by atoms with Crippen molar-refractivity contribution in [3.8, 4) is 17.0 Å². The number of halogens is 1. The molecule has 2 aromatic rings. The van der Waals surface area contributed by atoms with E-state index in [1.54, 1.807) is 12.0 Å². The molecule has 1 fully saturated rings. The molecule has 0 aliphatic carbocycles. The van der Waals surface area contributed by atoms with Crippen LogP contribution in [0.4, 0.5) is 5.82 Å². The molecule has 20 heavy (non-hydrogen) atoms. The first-order valence-corrected chi connectivity index (χ1v) is 6.75. The summed E-state index contributed by atoms with van der Waals surface area (Å²) in [6.45, 7) is 0.507. The van der Waals surface area contributed by atoms with Crippen LogP contribution in [-0.2, 0) is 4.79 Å². The Bertz CT molecular complexity index is 624. The fraction of sp³-hybridized carbons (Fsp3) is 0.286. The highest BCUT2D eigenvalue weighted by Gasteiger charge is 2.30. The van der Waals surface area contributed by atoms with Crippen molar-refractivity contribution in [2.45, 2.75) is 11.8 Å². The van der Waals surface area contributed by atoms with Crippen molar-refractivity contribution < 1.29 is 9.53 Å². The summed E-state index contributed by atoms with van der Waals surface area (Å²) < 4.78 is 5.12. The van der Waals surface area contributed by atoms with E-state index in [9.17, 15) is 4.79 Å². The number of carbonyl (C=O) groups excluding carboxylic acids is 1. The number of rotatable bonds is 3. The summed E-state index contributed by atoms with van der Waals surface area (Å²) >= 11 is 5.99. The highest BCUT2D eigenvalue weighted by Crippen LogP contribution is 2.27. The van der Waals surface area contributed by atoms with E-state index in [0.29, 0.717) is 18.8 Å². The Kier molecular flexibility index (Phi) is 3.36. The molecule has 1 N–H and O–H groups in total. The number of methoxy groups -OCH3 is 1. The van der Waals surface area contributed by atoms with Crippen molar-refractivity contribution in [2.75, 3.05) is 18.6 Å². The number of aromatic amines is 1. The highest BCUT2D eigenvalue weighted by molar-refractivity contribution is 6.24. The van der Waals surface area contributed by atoms with Gasteiger partial charge in [-0.05, 0) is 29.8 Å². The van der Waals surface area contributed by atoms with E-state index >= 15 is 0 Å². The molecular weight excluding hydrogens is 278 g/mol. The van der Waals surface area contributed by atoms with E-state index in [0.717, 1.165) is 17.0 Å². The van der Waals surface area contributed by atoms with Crippen molar-refractivity contribution in [3.05, 3.63) is 30.3 Å². The number of anilines is 1. The summed E-state index contributed by atoms with van der Waals surface area (Å²) in [4.78, 5) is 13.4. The summed E-state index contributed by atoms with van der Waals surface area (Å²) in [6, 6.07) is 9.49. The van der Waals surface area contributed by atoms with Gasteiger partial charge in [-0.3, -0.25) is 14.8 Å². The number of nitrogens with zero attached hydrogens (tertiary/aromatic N) is 2. The van der Waals surface area contributed by atoms with Gasteiger partial charge in [0.1, 0.15) is 5.75 Å². The molecule has 5 nitrogen and oxygen atoms in total. The smallest absolute Gasteiger partial charge is 0.229 e. The van der Waals surface area contributed by atoms with Crippen molar-refractivity contribution in [2.24, 2.45) is 0 Å². The van der Waals surface area contributed by atoms with Crippen LogP contribution in [0.2, 0.25) is 0 Å². The van der Waals surface area contributed by atoms with E-state index in [2.05, 4.69) is 10.2 Å². The number of hydrogen-bond acceptors (Lipinski definition) is 3. The van der Waals surface area contributed by atoms with Crippen LogP contribution < -0.4 is 9.64 Å². The number of aromatic nitrogens is 2. The van der Waals surface area contributed by atoms with Gasteiger partial charge in [-0.1, -0.05) is 0 Å². The fourth-order valence-corrected chi connectivity index (χ4v) is 2.52. The fourth-order valence-electron chi connectivity index (χ4n) is 2.25. The van der Waals surface area contributed by atoms with Gasteiger partial charge in [0.25, 0.3) is 0 Å². The maximum atomic E-state index is 11.8. The second-order valence-electron chi connectivity index (χ2n) is 4.67. The molecule has 3 rings (SSSR count). The Morgan fingerprint density at radius 3 is 2.75 bits per heavy atom. The molecule has 1 aromatic carbocycles. The van der Waals surface area contributed by atoms with Crippen LogP contribution in [0.5, 0.6) is 5.75 Å². The summed E-state index contributed by atoms with van der Waals surface area (Å²) in [6.07, 6.45) is 0.367. The maximum Gasteiger partial charge on any atom is 0.229 e. The molecule has 1 aliphatic rings. The molecule has 0 saturated carbocycles. The first kappa shape index (κ1) is 13.0. The van der Waals surface area contributed by atoms with Crippen LogP contribution in [0.3, 0.4) is 0 Å². The first-order chi connectivity index (χ1) is 9.67. The van der Waals surface area contributed by atoms with Crippen LogP contribution in [0.15, 0.2) is 30.3 Å². The predicted molar refractivity (Wildman–Crippen MR) is 77.2 cm³/mol. The zero-order chi connectivity index (χ0) is 14.1. The second-order valence-corrected chi connectivity index (χ2v) is 5.29. The molecule has 104 valence electrons. The molecule has 0 spiro atoms. The Labute approximate surface area is 121 Å². The zero-order valence-electron chi connectivity index (χ0n) is 11.0. The zero-order valence-corrected chi connectivity index (χ0v) is 11.7. The molecule has 2 heterocycles. The number of ether oxygens (including phenoxy) is 1. The van der Waals surface area contributed by atoms with E-state index in [4.69, 9.17) is 16.3 Å². The number of amides is 1. The molecule has 1 saturated heterocycles. The SMILES string of the molecule is COc1ccc(-c2cc(N3CC(Cl)CC3=O)n[nH]2)cc1. The van der Waals surface area contributed by atoms with Crippen molar-refractivity contribution in [3.63, 3.8) is 0 Å². The number of carbonyl (C=O) groups is 1.